The zero-order valence-electron chi connectivity index (χ0n) is 13.0. The smallest absolute Gasteiger partial charge is 0.0476 e. The van der Waals surface area contributed by atoms with Crippen molar-refractivity contribution in [1.29, 1.82) is 0 Å². The summed E-state index contributed by atoms with van der Waals surface area (Å²) in [6.45, 7) is 7.20. The maximum atomic E-state index is 3.68. The Morgan fingerprint density at radius 3 is 2.57 bits per heavy atom. The first kappa shape index (κ1) is 13.7. The summed E-state index contributed by atoms with van der Waals surface area (Å²) in [5, 5.41) is 3.68. The van der Waals surface area contributed by atoms with Crippen LogP contribution in [0.3, 0.4) is 0 Å². The van der Waals surface area contributed by atoms with E-state index in [0.29, 0.717) is 12.1 Å². The van der Waals surface area contributed by atoms with Crippen LogP contribution in [-0.4, -0.2) is 54.1 Å². The Balaban J connectivity index is 1.51. The molecule has 3 atom stereocenters. The van der Waals surface area contributed by atoms with Gasteiger partial charge >= 0.3 is 0 Å². The fraction of sp³-hybridized carbons (Fsp3) is 0.667. The van der Waals surface area contributed by atoms with Crippen molar-refractivity contribution in [2.75, 3.05) is 26.2 Å². The van der Waals surface area contributed by atoms with Gasteiger partial charge in [0.05, 0.1) is 0 Å². The first-order valence-electron chi connectivity index (χ1n) is 8.59. The molecule has 1 saturated carbocycles. The van der Waals surface area contributed by atoms with Gasteiger partial charge in [-0.2, -0.15) is 0 Å². The molecule has 3 nitrogen and oxygen atoms in total. The molecule has 1 aromatic rings. The third kappa shape index (κ3) is 2.87. The Morgan fingerprint density at radius 2 is 1.81 bits per heavy atom. The van der Waals surface area contributed by atoms with E-state index in [0.717, 1.165) is 18.6 Å². The van der Waals surface area contributed by atoms with E-state index in [1.54, 1.807) is 0 Å². The minimum absolute atomic E-state index is 0.548. The van der Waals surface area contributed by atoms with Crippen LogP contribution in [0, 0.1) is 0 Å². The van der Waals surface area contributed by atoms with Crippen LogP contribution >= 0.6 is 0 Å². The van der Waals surface area contributed by atoms with Gasteiger partial charge in [-0.05, 0) is 31.7 Å². The largest absolute Gasteiger partial charge is 0.311 e. The molecule has 2 saturated heterocycles. The van der Waals surface area contributed by atoms with Crippen molar-refractivity contribution in [1.82, 2.24) is 15.1 Å². The van der Waals surface area contributed by atoms with E-state index in [2.05, 4.69) is 52.4 Å². The molecule has 3 unspecified atom stereocenters. The van der Waals surface area contributed by atoms with Crippen molar-refractivity contribution >= 4 is 0 Å². The van der Waals surface area contributed by atoms with E-state index >= 15 is 0 Å². The highest BCUT2D eigenvalue weighted by molar-refractivity contribution is 5.21. The lowest BCUT2D eigenvalue weighted by atomic mass is 9.99. The van der Waals surface area contributed by atoms with E-state index in [-0.39, 0.29) is 0 Å². The average molecular weight is 285 g/mol. The Labute approximate surface area is 128 Å². The molecule has 0 radical (unpaired) electrons. The van der Waals surface area contributed by atoms with Crippen LogP contribution in [0.1, 0.15) is 37.8 Å². The molecule has 3 heteroatoms. The first-order valence-corrected chi connectivity index (χ1v) is 8.59. The van der Waals surface area contributed by atoms with Crippen LogP contribution in [0.15, 0.2) is 30.3 Å². The highest BCUT2D eigenvalue weighted by Gasteiger charge is 2.39. The van der Waals surface area contributed by atoms with Crippen LogP contribution in [0.4, 0.5) is 0 Å². The van der Waals surface area contributed by atoms with Crippen molar-refractivity contribution in [3.8, 4) is 0 Å². The molecule has 0 bridgehead atoms. The number of piperazine rings is 1. The predicted octanol–water partition coefficient (Wildman–Crippen LogP) is 2.26. The standard InChI is InChI=1S/C18H27N3/c1-14-12-21(17-9-10-20(13-17)16-7-8-16)18(11-19-14)15-5-3-2-4-6-15/h2-6,14,16-19H,7-13H2,1H3. The Kier molecular flexibility index (Phi) is 3.74. The van der Waals surface area contributed by atoms with E-state index in [4.69, 9.17) is 0 Å². The van der Waals surface area contributed by atoms with E-state index in [1.807, 2.05) is 0 Å². The molecule has 0 spiro atoms. The molecule has 21 heavy (non-hydrogen) atoms. The number of rotatable bonds is 3. The Bertz CT molecular complexity index is 471. The van der Waals surface area contributed by atoms with E-state index < -0.39 is 0 Å². The molecule has 2 aliphatic heterocycles. The van der Waals surface area contributed by atoms with Gasteiger partial charge in [-0.3, -0.25) is 9.80 Å². The van der Waals surface area contributed by atoms with Gasteiger partial charge in [0.25, 0.3) is 0 Å². The Hall–Kier alpha value is -0.900. The van der Waals surface area contributed by atoms with Crippen LogP contribution in [0.2, 0.25) is 0 Å². The molecule has 3 aliphatic rings. The summed E-state index contributed by atoms with van der Waals surface area (Å²) < 4.78 is 0. The monoisotopic (exact) mass is 285 g/mol. The van der Waals surface area contributed by atoms with Gasteiger partial charge in [-0.1, -0.05) is 30.3 Å². The molecule has 114 valence electrons. The first-order chi connectivity index (χ1) is 10.3. The zero-order chi connectivity index (χ0) is 14.2. The summed E-state index contributed by atoms with van der Waals surface area (Å²) in [4.78, 5) is 5.53. The summed E-state index contributed by atoms with van der Waals surface area (Å²) >= 11 is 0. The minimum atomic E-state index is 0.548. The van der Waals surface area contributed by atoms with E-state index in [1.165, 1.54) is 44.5 Å². The molecule has 0 amide bonds. The van der Waals surface area contributed by atoms with Crippen LogP contribution in [0.25, 0.3) is 0 Å². The topological polar surface area (TPSA) is 18.5 Å². The number of nitrogens with one attached hydrogen (secondary N) is 1. The molecule has 1 N–H and O–H groups in total. The number of benzene rings is 1. The van der Waals surface area contributed by atoms with Crippen LogP contribution in [-0.2, 0) is 0 Å². The second-order valence-corrected chi connectivity index (χ2v) is 7.10. The van der Waals surface area contributed by atoms with Gasteiger partial charge in [-0.25, -0.2) is 0 Å². The van der Waals surface area contributed by atoms with Crippen molar-refractivity contribution in [2.24, 2.45) is 0 Å². The molecule has 3 fully saturated rings. The normalized spacial score (nSPS) is 35.2. The maximum absolute atomic E-state index is 3.68. The van der Waals surface area contributed by atoms with Crippen LogP contribution < -0.4 is 5.32 Å². The zero-order valence-corrected chi connectivity index (χ0v) is 13.0. The van der Waals surface area contributed by atoms with Gasteiger partial charge in [0.1, 0.15) is 0 Å². The van der Waals surface area contributed by atoms with Crippen molar-refractivity contribution in [3.63, 3.8) is 0 Å². The number of nitrogens with zero attached hydrogens (tertiary/aromatic N) is 2. The van der Waals surface area contributed by atoms with Gasteiger partial charge in [0, 0.05) is 50.3 Å². The van der Waals surface area contributed by atoms with Gasteiger partial charge in [-0.15, -0.1) is 0 Å². The van der Waals surface area contributed by atoms with E-state index in [9.17, 15) is 0 Å². The molecular weight excluding hydrogens is 258 g/mol. The summed E-state index contributed by atoms with van der Waals surface area (Å²) in [6, 6.07) is 13.9. The minimum Gasteiger partial charge on any atom is -0.311 e. The average Bonchev–Trinajstić information content (AvgIpc) is 3.25. The quantitative estimate of drug-likeness (QED) is 0.919. The van der Waals surface area contributed by atoms with Crippen molar-refractivity contribution in [3.05, 3.63) is 35.9 Å². The summed E-state index contributed by atoms with van der Waals surface area (Å²) in [5.74, 6) is 0. The highest BCUT2D eigenvalue weighted by Crippen LogP contribution is 2.34. The van der Waals surface area contributed by atoms with Gasteiger partial charge < -0.3 is 5.32 Å². The predicted molar refractivity (Wildman–Crippen MR) is 86.4 cm³/mol. The van der Waals surface area contributed by atoms with Crippen molar-refractivity contribution in [2.45, 2.75) is 50.4 Å². The summed E-state index contributed by atoms with van der Waals surface area (Å²) in [5.41, 5.74) is 1.47. The van der Waals surface area contributed by atoms with Gasteiger partial charge in [0.2, 0.25) is 0 Å². The van der Waals surface area contributed by atoms with Gasteiger partial charge in [0.15, 0.2) is 0 Å². The summed E-state index contributed by atoms with van der Waals surface area (Å²) in [6.07, 6.45) is 4.23. The molecule has 4 rings (SSSR count). The lowest BCUT2D eigenvalue weighted by Crippen LogP contribution is -2.55. The lowest BCUT2D eigenvalue weighted by molar-refractivity contribution is 0.0868. The third-order valence-electron chi connectivity index (χ3n) is 5.46. The highest BCUT2D eigenvalue weighted by atomic mass is 15.3. The van der Waals surface area contributed by atoms with Crippen molar-refractivity contribution < 1.29 is 0 Å². The maximum Gasteiger partial charge on any atom is 0.0476 e. The summed E-state index contributed by atoms with van der Waals surface area (Å²) in [7, 11) is 0. The molecule has 1 aromatic carbocycles. The fourth-order valence-electron chi connectivity index (χ4n) is 4.14. The molecular formula is C18H27N3. The fourth-order valence-corrected chi connectivity index (χ4v) is 4.14. The number of likely N-dealkylation sites (tertiary alicyclic amines) is 1. The second kappa shape index (κ2) is 5.71. The number of hydrogen-bond donors (Lipinski definition) is 1. The number of hydrogen-bond acceptors (Lipinski definition) is 3. The lowest BCUT2D eigenvalue weighted by Gasteiger charge is -2.43. The third-order valence-corrected chi connectivity index (χ3v) is 5.46. The molecule has 1 aliphatic carbocycles. The molecule has 2 heterocycles. The molecule has 0 aromatic heterocycles. The SMILES string of the molecule is CC1CN(C2CCN(C3CC3)C2)C(c2ccccc2)CN1. The second-order valence-electron chi connectivity index (χ2n) is 7.10. The Morgan fingerprint density at radius 1 is 1.00 bits per heavy atom. The van der Waals surface area contributed by atoms with Crippen LogP contribution in [0.5, 0.6) is 0 Å².